The third-order valence-corrected chi connectivity index (χ3v) is 3.71. The smallest absolute Gasteiger partial charge is 0.238 e. The van der Waals surface area contributed by atoms with Gasteiger partial charge in [-0.15, -0.1) is 11.6 Å². The number of amides is 1. The van der Waals surface area contributed by atoms with Crippen molar-refractivity contribution in [1.82, 2.24) is 4.90 Å². The van der Waals surface area contributed by atoms with Crippen molar-refractivity contribution in [2.45, 2.75) is 18.9 Å². The first kappa shape index (κ1) is 14.0. The Labute approximate surface area is 118 Å². The molecule has 0 unspecified atom stereocenters. The lowest BCUT2D eigenvalue weighted by Gasteiger charge is -2.26. The number of nitrogens with zero attached hydrogens (tertiary/aromatic N) is 1. The third-order valence-electron chi connectivity index (χ3n) is 3.48. The molecule has 1 fully saturated rings. The van der Waals surface area contributed by atoms with E-state index in [0.29, 0.717) is 0 Å². The molecule has 0 aromatic heterocycles. The van der Waals surface area contributed by atoms with Crippen molar-refractivity contribution in [3.05, 3.63) is 23.8 Å². The zero-order valence-electron chi connectivity index (χ0n) is 11.2. The topological polar surface area (TPSA) is 38.8 Å². The standard InChI is InChI=1S/C14H18ClNO3/c1-18-10-5-6-13(19-2)11(8-10)12-4-3-7-16(12)14(17)9-15/h5-6,8,12H,3-4,7,9H2,1-2H3/t12-/m0/s1. The van der Waals surface area contributed by atoms with Gasteiger partial charge in [0, 0.05) is 12.1 Å². The van der Waals surface area contributed by atoms with Gasteiger partial charge in [0.15, 0.2) is 0 Å². The maximum Gasteiger partial charge on any atom is 0.238 e. The molecule has 1 saturated heterocycles. The van der Waals surface area contributed by atoms with E-state index < -0.39 is 0 Å². The first-order chi connectivity index (χ1) is 9.21. The third kappa shape index (κ3) is 2.78. The highest BCUT2D eigenvalue weighted by molar-refractivity contribution is 6.27. The molecule has 0 aliphatic carbocycles. The molecular weight excluding hydrogens is 266 g/mol. The van der Waals surface area contributed by atoms with Gasteiger partial charge in [0.1, 0.15) is 17.4 Å². The average molecular weight is 284 g/mol. The molecule has 4 nitrogen and oxygen atoms in total. The minimum absolute atomic E-state index is 0.0167. The van der Waals surface area contributed by atoms with Gasteiger partial charge in [0.25, 0.3) is 0 Å². The Morgan fingerprint density at radius 1 is 1.42 bits per heavy atom. The lowest BCUT2D eigenvalue weighted by Crippen LogP contribution is -2.31. The van der Waals surface area contributed by atoms with E-state index in [4.69, 9.17) is 21.1 Å². The predicted molar refractivity (Wildman–Crippen MR) is 74.0 cm³/mol. The van der Waals surface area contributed by atoms with Gasteiger partial charge in [-0.2, -0.15) is 0 Å². The number of carbonyl (C=O) groups excluding carboxylic acids is 1. The van der Waals surface area contributed by atoms with Crippen LogP contribution >= 0.6 is 11.6 Å². The van der Waals surface area contributed by atoms with Crippen LogP contribution in [0.5, 0.6) is 11.5 Å². The van der Waals surface area contributed by atoms with Crippen molar-refractivity contribution < 1.29 is 14.3 Å². The summed E-state index contributed by atoms with van der Waals surface area (Å²) in [5.74, 6) is 1.53. The fraction of sp³-hybridized carbons (Fsp3) is 0.500. The summed E-state index contributed by atoms with van der Waals surface area (Å²) in [6.45, 7) is 0.747. The highest BCUT2D eigenvalue weighted by atomic mass is 35.5. The van der Waals surface area contributed by atoms with Gasteiger partial charge in [0.2, 0.25) is 5.91 Å². The summed E-state index contributed by atoms with van der Waals surface area (Å²) in [5, 5.41) is 0. The van der Waals surface area contributed by atoms with Crippen molar-refractivity contribution in [2.24, 2.45) is 0 Å². The number of rotatable bonds is 4. The van der Waals surface area contributed by atoms with Crippen molar-refractivity contribution >= 4 is 17.5 Å². The SMILES string of the molecule is COc1ccc(OC)c([C@@H]2CCCN2C(=O)CCl)c1. The number of halogens is 1. The van der Waals surface area contributed by atoms with Crippen LogP contribution in [0.15, 0.2) is 18.2 Å². The summed E-state index contributed by atoms with van der Waals surface area (Å²) in [4.78, 5) is 13.7. The molecule has 1 atom stereocenters. The molecule has 104 valence electrons. The van der Waals surface area contributed by atoms with Crippen LogP contribution in [0.1, 0.15) is 24.4 Å². The number of alkyl halides is 1. The Morgan fingerprint density at radius 2 is 2.21 bits per heavy atom. The average Bonchev–Trinajstić information content (AvgIpc) is 2.94. The molecule has 0 radical (unpaired) electrons. The summed E-state index contributed by atoms with van der Waals surface area (Å²) in [6.07, 6.45) is 1.90. The molecule has 5 heteroatoms. The van der Waals surface area contributed by atoms with Gasteiger partial charge in [-0.05, 0) is 31.0 Å². The Kier molecular flexibility index (Phi) is 4.53. The highest BCUT2D eigenvalue weighted by Crippen LogP contribution is 2.38. The van der Waals surface area contributed by atoms with E-state index in [-0.39, 0.29) is 17.8 Å². The minimum atomic E-state index is -0.0333. The van der Waals surface area contributed by atoms with Gasteiger partial charge in [-0.1, -0.05) is 0 Å². The zero-order valence-corrected chi connectivity index (χ0v) is 11.9. The fourth-order valence-corrected chi connectivity index (χ4v) is 2.72. The maximum atomic E-state index is 11.9. The molecule has 1 aliphatic heterocycles. The van der Waals surface area contributed by atoms with Crippen LogP contribution in [0.4, 0.5) is 0 Å². The Bertz CT molecular complexity index is 464. The number of methoxy groups -OCH3 is 2. The van der Waals surface area contributed by atoms with Crippen molar-refractivity contribution in [1.29, 1.82) is 0 Å². The Balaban J connectivity index is 2.36. The second-order valence-corrected chi connectivity index (χ2v) is 4.75. The minimum Gasteiger partial charge on any atom is -0.497 e. The van der Waals surface area contributed by atoms with Gasteiger partial charge in [-0.3, -0.25) is 4.79 Å². The zero-order chi connectivity index (χ0) is 13.8. The molecule has 0 spiro atoms. The van der Waals surface area contributed by atoms with Crippen LogP contribution in [0.3, 0.4) is 0 Å². The van der Waals surface area contributed by atoms with E-state index in [2.05, 4.69) is 0 Å². The van der Waals surface area contributed by atoms with Gasteiger partial charge in [-0.25, -0.2) is 0 Å². The second kappa shape index (κ2) is 6.15. The van der Waals surface area contributed by atoms with Crippen LogP contribution < -0.4 is 9.47 Å². The molecule has 0 saturated carbocycles. The normalized spacial score (nSPS) is 18.5. The fourth-order valence-electron chi connectivity index (χ4n) is 2.57. The summed E-state index contributed by atoms with van der Waals surface area (Å²) >= 11 is 5.67. The van der Waals surface area contributed by atoms with Crippen molar-refractivity contribution in [3.63, 3.8) is 0 Å². The lowest BCUT2D eigenvalue weighted by molar-refractivity contribution is -0.129. The van der Waals surface area contributed by atoms with E-state index in [1.807, 2.05) is 23.1 Å². The predicted octanol–water partition coefficient (Wildman–Crippen LogP) is 2.61. The first-order valence-electron chi connectivity index (χ1n) is 6.28. The van der Waals surface area contributed by atoms with E-state index in [0.717, 1.165) is 36.4 Å². The van der Waals surface area contributed by atoms with Crippen molar-refractivity contribution in [3.8, 4) is 11.5 Å². The van der Waals surface area contributed by atoms with E-state index in [1.165, 1.54) is 0 Å². The summed E-state index contributed by atoms with van der Waals surface area (Å²) < 4.78 is 10.6. The number of ether oxygens (including phenoxy) is 2. The second-order valence-electron chi connectivity index (χ2n) is 4.49. The van der Waals surface area contributed by atoms with E-state index in [1.54, 1.807) is 14.2 Å². The number of carbonyl (C=O) groups is 1. The molecule has 1 heterocycles. The number of likely N-dealkylation sites (tertiary alicyclic amines) is 1. The number of benzene rings is 1. The monoisotopic (exact) mass is 283 g/mol. The first-order valence-corrected chi connectivity index (χ1v) is 6.82. The molecule has 19 heavy (non-hydrogen) atoms. The summed E-state index contributed by atoms with van der Waals surface area (Å²) in [6, 6.07) is 5.68. The molecule has 1 aromatic carbocycles. The van der Waals surface area contributed by atoms with Gasteiger partial charge < -0.3 is 14.4 Å². The van der Waals surface area contributed by atoms with Crippen LogP contribution in [0.25, 0.3) is 0 Å². The molecule has 1 amide bonds. The van der Waals surface area contributed by atoms with Crippen LogP contribution in [-0.2, 0) is 4.79 Å². The maximum absolute atomic E-state index is 11.9. The molecule has 2 rings (SSSR count). The molecular formula is C14H18ClNO3. The van der Waals surface area contributed by atoms with E-state index >= 15 is 0 Å². The Morgan fingerprint density at radius 3 is 2.84 bits per heavy atom. The van der Waals surface area contributed by atoms with Gasteiger partial charge in [0.05, 0.1) is 20.3 Å². The highest BCUT2D eigenvalue weighted by Gasteiger charge is 2.31. The quantitative estimate of drug-likeness (QED) is 0.798. The number of hydrogen-bond acceptors (Lipinski definition) is 3. The summed E-state index contributed by atoms with van der Waals surface area (Å²) in [5.41, 5.74) is 0.984. The number of hydrogen-bond donors (Lipinski definition) is 0. The van der Waals surface area contributed by atoms with Crippen LogP contribution in [0, 0.1) is 0 Å². The molecule has 1 aliphatic rings. The lowest BCUT2D eigenvalue weighted by atomic mass is 10.0. The molecule has 0 N–H and O–H groups in total. The summed E-state index contributed by atoms with van der Waals surface area (Å²) in [7, 11) is 3.26. The molecule has 1 aromatic rings. The van der Waals surface area contributed by atoms with Crippen LogP contribution in [-0.4, -0.2) is 37.5 Å². The Hall–Kier alpha value is -1.42. The van der Waals surface area contributed by atoms with Gasteiger partial charge >= 0.3 is 0 Å². The largest absolute Gasteiger partial charge is 0.497 e. The van der Waals surface area contributed by atoms with E-state index in [9.17, 15) is 4.79 Å². The molecule has 0 bridgehead atoms. The van der Waals surface area contributed by atoms with Crippen LogP contribution in [0.2, 0.25) is 0 Å². The van der Waals surface area contributed by atoms with Crippen molar-refractivity contribution in [2.75, 3.05) is 26.6 Å².